The molecule has 0 aliphatic heterocycles. The van der Waals surface area contributed by atoms with Crippen LogP contribution in [-0.4, -0.2) is 17.6 Å². The Kier molecular flexibility index (Phi) is 6.11. The van der Waals surface area contributed by atoms with Gasteiger partial charge in [-0.25, -0.2) is 0 Å². The Hall–Kier alpha value is -1.58. The summed E-state index contributed by atoms with van der Waals surface area (Å²) in [5.41, 5.74) is 2.58. The average molecular weight is 340 g/mol. The van der Waals surface area contributed by atoms with Crippen LogP contribution in [0.15, 0.2) is 60.7 Å². The van der Waals surface area contributed by atoms with E-state index in [1.807, 2.05) is 0 Å². The summed E-state index contributed by atoms with van der Waals surface area (Å²) in [5.74, 6) is 0.895. The zero-order chi connectivity index (χ0) is 16.8. The lowest BCUT2D eigenvalue weighted by Crippen LogP contribution is -2.38. The van der Waals surface area contributed by atoms with Crippen LogP contribution in [0.3, 0.4) is 0 Å². The van der Waals surface area contributed by atoms with Crippen LogP contribution in [0.25, 0.3) is 0 Å². The minimum Gasteiger partial charge on any atom is -0.303 e. The molecule has 126 valence electrons. The van der Waals surface area contributed by atoms with Crippen LogP contribution < -0.4 is 5.32 Å². The van der Waals surface area contributed by atoms with Gasteiger partial charge in [-0.3, -0.25) is 4.79 Å². The molecule has 0 heterocycles. The molecule has 3 heteroatoms. The number of thiol groups is 1. The molecule has 1 fully saturated rings. The number of carbonyl (C=O) groups excluding carboxylic acids is 1. The summed E-state index contributed by atoms with van der Waals surface area (Å²) in [7, 11) is 0. The van der Waals surface area contributed by atoms with Gasteiger partial charge in [0, 0.05) is 17.7 Å². The number of carbonyl (C=O) groups is 1. The molecule has 1 N–H and O–H groups in total. The molecule has 2 aromatic rings. The topological polar surface area (TPSA) is 29.1 Å². The second-order valence-electron chi connectivity index (χ2n) is 6.59. The molecular formula is C21H25NOS. The molecule has 1 saturated carbocycles. The second kappa shape index (κ2) is 8.50. The van der Waals surface area contributed by atoms with E-state index in [0.29, 0.717) is 17.6 Å². The molecule has 0 bridgehead atoms. The van der Waals surface area contributed by atoms with E-state index in [-0.39, 0.29) is 12.0 Å². The van der Waals surface area contributed by atoms with Crippen molar-refractivity contribution in [3.8, 4) is 0 Å². The van der Waals surface area contributed by atoms with Gasteiger partial charge in [0.2, 0.25) is 0 Å². The van der Waals surface area contributed by atoms with Gasteiger partial charge in [-0.2, -0.15) is 12.6 Å². The number of nitrogens with one attached hydrogen (secondary N) is 1. The maximum absolute atomic E-state index is 11.8. The Labute approximate surface area is 150 Å². The third-order valence-corrected chi connectivity index (χ3v) is 5.32. The van der Waals surface area contributed by atoms with Crippen molar-refractivity contribution in [2.24, 2.45) is 5.92 Å². The Balaban J connectivity index is 1.71. The maximum Gasteiger partial charge on any atom is 0.145 e. The van der Waals surface area contributed by atoms with Crippen molar-refractivity contribution in [2.75, 3.05) is 5.75 Å². The van der Waals surface area contributed by atoms with E-state index < -0.39 is 0 Å². The summed E-state index contributed by atoms with van der Waals surface area (Å²) >= 11 is 4.13. The molecule has 1 aliphatic rings. The average Bonchev–Trinajstić information content (AvgIpc) is 2.67. The number of Topliss-reactive ketones (excluding diaryl/α,β-unsaturated/α-hetero) is 1. The molecule has 3 rings (SSSR count). The third kappa shape index (κ3) is 4.28. The lowest BCUT2D eigenvalue weighted by molar-refractivity contribution is -0.121. The van der Waals surface area contributed by atoms with Gasteiger partial charge in [-0.05, 0) is 36.8 Å². The zero-order valence-corrected chi connectivity index (χ0v) is 14.8. The van der Waals surface area contributed by atoms with Gasteiger partial charge in [0.05, 0.1) is 6.04 Å². The molecule has 0 aromatic heterocycles. The Morgan fingerprint density at radius 1 is 0.917 bits per heavy atom. The molecule has 24 heavy (non-hydrogen) atoms. The van der Waals surface area contributed by atoms with Gasteiger partial charge in [0.1, 0.15) is 5.78 Å². The van der Waals surface area contributed by atoms with Crippen molar-refractivity contribution in [3.63, 3.8) is 0 Å². The zero-order valence-electron chi connectivity index (χ0n) is 13.9. The van der Waals surface area contributed by atoms with Gasteiger partial charge in [0.25, 0.3) is 0 Å². The summed E-state index contributed by atoms with van der Waals surface area (Å²) in [6.07, 6.45) is 4.07. The normalized spacial score (nSPS) is 20.9. The Morgan fingerprint density at radius 3 is 1.88 bits per heavy atom. The third-order valence-electron chi connectivity index (χ3n) is 5.01. The fraction of sp³-hybridized carbons (Fsp3) is 0.381. The van der Waals surface area contributed by atoms with Crippen LogP contribution in [0.5, 0.6) is 0 Å². The van der Waals surface area contributed by atoms with Crippen LogP contribution in [0.1, 0.15) is 42.9 Å². The lowest BCUT2D eigenvalue weighted by atomic mass is 9.83. The van der Waals surface area contributed by atoms with E-state index in [0.717, 1.165) is 25.7 Å². The minimum absolute atomic E-state index is 0.203. The summed E-state index contributed by atoms with van der Waals surface area (Å²) in [6.45, 7) is 0. The van der Waals surface area contributed by atoms with Crippen LogP contribution in [-0.2, 0) is 4.79 Å². The van der Waals surface area contributed by atoms with Crippen molar-refractivity contribution >= 4 is 18.4 Å². The van der Waals surface area contributed by atoms with E-state index in [1.54, 1.807) is 0 Å². The number of ketones is 1. The molecule has 0 saturated heterocycles. The molecule has 0 atom stereocenters. The molecule has 0 radical (unpaired) electrons. The highest BCUT2D eigenvalue weighted by molar-refractivity contribution is 7.81. The first-order valence-corrected chi connectivity index (χ1v) is 9.40. The van der Waals surface area contributed by atoms with Crippen molar-refractivity contribution < 1.29 is 4.79 Å². The first-order chi connectivity index (χ1) is 11.8. The maximum atomic E-state index is 11.8. The molecule has 2 nitrogen and oxygen atoms in total. The number of rotatable bonds is 6. The van der Waals surface area contributed by atoms with Gasteiger partial charge < -0.3 is 5.32 Å². The monoisotopic (exact) mass is 339 g/mol. The van der Waals surface area contributed by atoms with Gasteiger partial charge >= 0.3 is 0 Å². The largest absolute Gasteiger partial charge is 0.303 e. The van der Waals surface area contributed by atoms with Gasteiger partial charge in [-0.1, -0.05) is 60.7 Å². The summed E-state index contributed by atoms with van der Waals surface area (Å²) in [4.78, 5) is 11.8. The fourth-order valence-electron chi connectivity index (χ4n) is 3.62. The molecule has 0 amide bonds. The fourth-order valence-corrected chi connectivity index (χ4v) is 3.88. The van der Waals surface area contributed by atoms with Crippen molar-refractivity contribution in [2.45, 2.75) is 37.8 Å². The van der Waals surface area contributed by atoms with Crippen molar-refractivity contribution in [3.05, 3.63) is 71.8 Å². The quantitative estimate of drug-likeness (QED) is 0.763. The van der Waals surface area contributed by atoms with E-state index in [9.17, 15) is 4.79 Å². The Morgan fingerprint density at radius 2 is 1.42 bits per heavy atom. The van der Waals surface area contributed by atoms with Crippen LogP contribution >= 0.6 is 12.6 Å². The van der Waals surface area contributed by atoms with E-state index in [2.05, 4.69) is 78.6 Å². The number of hydrogen-bond acceptors (Lipinski definition) is 3. The van der Waals surface area contributed by atoms with Crippen molar-refractivity contribution in [1.82, 2.24) is 5.32 Å². The molecule has 0 unspecified atom stereocenters. The molecular weight excluding hydrogens is 314 g/mol. The SMILES string of the molecule is O=C(CS)C1CCC(NC(c2ccccc2)c2ccccc2)CC1. The second-order valence-corrected chi connectivity index (χ2v) is 6.91. The summed E-state index contributed by atoms with van der Waals surface area (Å²) in [6, 6.07) is 21.9. The van der Waals surface area contributed by atoms with E-state index in [1.165, 1.54) is 11.1 Å². The highest BCUT2D eigenvalue weighted by atomic mass is 32.1. The smallest absolute Gasteiger partial charge is 0.145 e. The predicted octanol–water partition coefficient (Wildman–Crippen LogP) is 4.42. The van der Waals surface area contributed by atoms with E-state index >= 15 is 0 Å². The molecule has 0 spiro atoms. The van der Waals surface area contributed by atoms with Gasteiger partial charge in [-0.15, -0.1) is 0 Å². The number of hydrogen-bond donors (Lipinski definition) is 2. The highest BCUT2D eigenvalue weighted by Crippen LogP contribution is 2.29. The van der Waals surface area contributed by atoms with Crippen LogP contribution in [0.4, 0.5) is 0 Å². The summed E-state index contributed by atoms with van der Waals surface area (Å²) in [5, 5.41) is 3.84. The van der Waals surface area contributed by atoms with Crippen LogP contribution in [0, 0.1) is 5.92 Å². The first kappa shape index (κ1) is 17.2. The predicted molar refractivity (Wildman–Crippen MR) is 102 cm³/mol. The molecule has 1 aliphatic carbocycles. The Bertz CT molecular complexity index is 596. The lowest BCUT2D eigenvalue weighted by Gasteiger charge is -2.32. The number of benzene rings is 2. The highest BCUT2D eigenvalue weighted by Gasteiger charge is 2.27. The van der Waals surface area contributed by atoms with Gasteiger partial charge in [0.15, 0.2) is 0 Å². The van der Waals surface area contributed by atoms with E-state index in [4.69, 9.17) is 0 Å². The first-order valence-electron chi connectivity index (χ1n) is 8.77. The summed E-state index contributed by atoms with van der Waals surface area (Å²) < 4.78 is 0. The van der Waals surface area contributed by atoms with Crippen molar-refractivity contribution in [1.29, 1.82) is 0 Å². The standard InChI is InChI=1S/C21H25NOS/c23-20(15-24)16-11-13-19(14-12-16)22-21(17-7-3-1-4-8-17)18-9-5-2-6-10-18/h1-10,16,19,21-22,24H,11-15H2. The minimum atomic E-state index is 0.203. The van der Waals surface area contributed by atoms with Crippen LogP contribution in [0.2, 0.25) is 0 Å². The molecule has 2 aromatic carbocycles.